The lowest BCUT2D eigenvalue weighted by Crippen LogP contribution is -2.07. The van der Waals surface area contributed by atoms with Crippen LogP contribution in [0.25, 0.3) is 0 Å². The van der Waals surface area contributed by atoms with Crippen LogP contribution in [0.5, 0.6) is 17.2 Å². The average molecular weight is 430 g/mol. The van der Waals surface area contributed by atoms with Gasteiger partial charge in [0.1, 0.15) is 47.1 Å². The number of benzene rings is 3. The van der Waals surface area contributed by atoms with Gasteiger partial charge < -0.3 is 14.2 Å². The van der Waals surface area contributed by atoms with E-state index in [-0.39, 0.29) is 18.1 Å². The monoisotopic (exact) mass is 429 g/mol. The Kier molecular flexibility index (Phi) is 5.86. The van der Waals surface area contributed by atoms with Gasteiger partial charge in [-0.05, 0) is 55.5 Å². The summed E-state index contributed by atoms with van der Waals surface area (Å²) in [5.74, 6) is 0.287. The molecule has 7 heteroatoms. The van der Waals surface area contributed by atoms with Crippen molar-refractivity contribution in [3.8, 4) is 17.2 Å². The molecule has 0 saturated carbocycles. The molecule has 1 unspecified atom stereocenters. The van der Waals surface area contributed by atoms with Crippen molar-refractivity contribution in [1.82, 2.24) is 0 Å². The number of hydrogen-bond donors (Lipinski definition) is 0. The van der Waals surface area contributed by atoms with Crippen LogP contribution in [-0.4, -0.2) is 19.1 Å². The molecular formula is C23H18ClF2NO3. The maximum absolute atomic E-state index is 14.1. The lowest BCUT2D eigenvalue weighted by molar-refractivity contribution is 0.304. The molecule has 0 saturated heterocycles. The number of hydrogen-bond acceptors (Lipinski definition) is 4. The van der Waals surface area contributed by atoms with E-state index in [1.165, 1.54) is 18.2 Å². The first-order valence-electron chi connectivity index (χ1n) is 9.40. The molecular weight excluding hydrogens is 412 g/mol. The van der Waals surface area contributed by atoms with Crippen LogP contribution in [-0.2, 0) is 4.74 Å². The van der Waals surface area contributed by atoms with Gasteiger partial charge in [0.2, 0.25) is 5.90 Å². The maximum Gasteiger partial charge on any atom is 0.222 e. The normalized spacial score (nSPS) is 15.5. The number of rotatable bonds is 6. The summed E-state index contributed by atoms with van der Waals surface area (Å²) in [6.07, 6.45) is 0. The van der Waals surface area contributed by atoms with E-state index in [1.807, 2.05) is 13.0 Å². The molecule has 0 radical (unpaired) electrons. The molecule has 0 bridgehead atoms. The Hall–Kier alpha value is -3.12. The highest BCUT2D eigenvalue weighted by Gasteiger charge is 2.28. The van der Waals surface area contributed by atoms with Crippen molar-refractivity contribution in [2.24, 2.45) is 4.99 Å². The van der Waals surface area contributed by atoms with Crippen molar-refractivity contribution in [1.29, 1.82) is 0 Å². The minimum atomic E-state index is -0.717. The molecule has 0 aliphatic carbocycles. The van der Waals surface area contributed by atoms with Crippen molar-refractivity contribution >= 4 is 17.5 Å². The van der Waals surface area contributed by atoms with Gasteiger partial charge >= 0.3 is 0 Å². The van der Waals surface area contributed by atoms with Crippen LogP contribution >= 0.6 is 11.6 Å². The summed E-state index contributed by atoms with van der Waals surface area (Å²) < 4.78 is 45.3. The van der Waals surface area contributed by atoms with Gasteiger partial charge in [0.15, 0.2) is 0 Å². The quantitative estimate of drug-likeness (QED) is 0.460. The lowest BCUT2D eigenvalue weighted by atomic mass is 10.1. The Labute approximate surface area is 177 Å². The molecule has 0 amide bonds. The molecule has 0 fully saturated rings. The first kappa shape index (κ1) is 20.2. The van der Waals surface area contributed by atoms with Crippen LogP contribution in [0.2, 0.25) is 5.02 Å². The van der Waals surface area contributed by atoms with E-state index in [9.17, 15) is 8.78 Å². The van der Waals surface area contributed by atoms with E-state index in [2.05, 4.69) is 4.99 Å². The smallest absolute Gasteiger partial charge is 0.222 e. The fourth-order valence-corrected chi connectivity index (χ4v) is 3.27. The van der Waals surface area contributed by atoms with Gasteiger partial charge in [-0.15, -0.1) is 0 Å². The number of ether oxygens (including phenoxy) is 3. The van der Waals surface area contributed by atoms with Gasteiger partial charge in [0, 0.05) is 16.7 Å². The van der Waals surface area contributed by atoms with Crippen molar-refractivity contribution in [2.45, 2.75) is 13.0 Å². The molecule has 30 heavy (non-hydrogen) atoms. The molecule has 3 aromatic carbocycles. The molecule has 3 aromatic rings. The second kappa shape index (κ2) is 8.71. The zero-order valence-corrected chi connectivity index (χ0v) is 16.8. The molecule has 1 atom stereocenters. The van der Waals surface area contributed by atoms with Crippen LogP contribution < -0.4 is 9.47 Å². The van der Waals surface area contributed by atoms with Gasteiger partial charge in [-0.2, -0.15) is 0 Å². The third kappa shape index (κ3) is 4.24. The van der Waals surface area contributed by atoms with E-state index in [4.69, 9.17) is 25.8 Å². The first-order chi connectivity index (χ1) is 14.5. The molecule has 4 nitrogen and oxygen atoms in total. The summed E-state index contributed by atoms with van der Waals surface area (Å²) in [6.45, 7) is 2.45. The maximum atomic E-state index is 14.1. The first-order valence-corrected chi connectivity index (χ1v) is 9.78. The summed E-state index contributed by atoms with van der Waals surface area (Å²) in [6, 6.07) is 15.5. The van der Waals surface area contributed by atoms with Crippen molar-refractivity contribution in [2.75, 3.05) is 13.2 Å². The topological polar surface area (TPSA) is 40.0 Å². The summed E-state index contributed by atoms with van der Waals surface area (Å²) in [7, 11) is 0. The molecule has 154 valence electrons. The fourth-order valence-electron chi connectivity index (χ4n) is 3.14. The minimum Gasteiger partial charge on any atom is -0.493 e. The Balaban J connectivity index is 1.62. The second-order valence-corrected chi connectivity index (χ2v) is 6.98. The van der Waals surface area contributed by atoms with E-state index in [1.54, 1.807) is 36.4 Å². The SMILES string of the molecule is CCOc1cc(Oc2ccc(Cl)cc2)ccc1C1COC(c2c(F)cccc2F)=N1. The second-order valence-electron chi connectivity index (χ2n) is 6.55. The summed E-state index contributed by atoms with van der Waals surface area (Å²) in [5, 5.41) is 0.619. The zero-order chi connectivity index (χ0) is 21.1. The minimum absolute atomic E-state index is 0.0560. The van der Waals surface area contributed by atoms with Crippen LogP contribution in [0.15, 0.2) is 65.7 Å². The van der Waals surface area contributed by atoms with Gasteiger partial charge in [-0.25, -0.2) is 13.8 Å². The largest absolute Gasteiger partial charge is 0.493 e. The Morgan fingerprint density at radius 2 is 1.73 bits per heavy atom. The van der Waals surface area contributed by atoms with Crippen molar-refractivity contribution in [3.63, 3.8) is 0 Å². The highest BCUT2D eigenvalue weighted by atomic mass is 35.5. The predicted octanol–water partition coefficient (Wildman–Crippen LogP) is 6.33. The predicted molar refractivity (Wildman–Crippen MR) is 111 cm³/mol. The van der Waals surface area contributed by atoms with E-state index < -0.39 is 17.7 Å². The van der Waals surface area contributed by atoms with E-state index in [0.29, 0.717) is 28.9 Å². The Morgan fingerprint density at radius 3 is 2.43 bits per heavy atom. The molecule has 0 spiro atoms. The summed E-state index contributed by atoms with van der Waals surface area (Å²) in [5.41, 5.74) is 0.479. The summed E-state index contributed by atoms with van der Waals surface area (Å²) >= 11 is 5.90. The standard InChI is InChI=1S/C23H18ClF2NO3/c1-2-28-21-12-16(30-15-8-6-14(24)7-9-15)10-11-17(21)20-13-29-23(27-20)22-18(25)4-3-5-19(22)26/h3-12,20H,2,13H2,1H3. The average Bonchev–Trinajstić information content (AvgIpc) is 3.19. The molecule has 4 rings (SSSR count). The Morgan fingerprint density at radius 1 is 1.03 bits per heavy atom. The molecule has 1 aliphatic heterocycles. The van der Waals surface area contributed by atoms with Crippen LogP contribution in [0.3, 0.4) is 0 Å². The number of aliphatic imine (C=N–C) groups is 1. The molecule has 1 aliphatic rings. The van der Waals surface area contributed by atoms with Crippen LogP contribution in [0.1, 0.15) is 24.1 Å². The lowest BCUT2D eigenvalue weighted by Gasteiger charge is -2.15. The number of halogens is 3. The third-order valence-corrected chi connectivity index (χ3v) is 4.77. The molecule has 0 N–H and O–H groups in total. The highest BCUT2D eigenvalue weighted by Crippen LogP contribution is 2.36. The van der Waals surface area contributed by atoms with Gasteiger partial charge in [0.25, 0.3) is 0 Å². The highest BCUT2D eigenvalue weighted by molar-refractivity contribution is 6.30. The number of nitrogens with zero attached hydrogens (tertiary/aromatic N) is 1. The van der Waals surface area contributed by atoms with Crippen molar-refractivity contribution < 1.29 is 23.0 Å². The summed E-state index contributed by atoms with van der Waals surface area (Å²) in [4.78, 5) is 4.40. The van der Waals surface area contributed by atoms with Crippen LogP contribution in [0.4, 0.5) is 8.78 Å². The fraction of sp³-hybridized carbons (Fsp3) is 0.174. The van der Waals surface area contributed by atoms with E-state index in [0.717, 1.165) is 5.56 Å². The molecule has 0 aromatic heterocycles. The van der Waals surface area contributed by atoms with E-state index >= 15 is 0 Å². The molecule has 1 heterocycles. The Bertz CT molecular complexity index is 1070. The van der Waals surface area contributed by atoms with Gasteiger partial charge in [0.05, 0.1) is 6.61 Å². The van der Waals surface area contributed by atoms with Gasteiger partial charge in [-0.1, -0.05) is 17.7 Å². The third-order valence-electron chi connectivity index (χ3n) is 4.52. The zero-order valence-electron chi connectivity index (χ0n) is 16.1. The van der Waals surface area contributed by atoms with Gasteiger partial charge in [-0.3, -0.25) is 0 Å². The van der Waals surface area contributed by atoms with Crippen LogP contribution in [0, 0.1) is 11.6 Å². The van der Waals surface area contributed by atoms with Crippen molar-refractivity contribution in [3.05, 3.63) is 88.4 Å².